The van der Waals surface area contributed by atoms with Crippen LogP contribution >= 0.6 is 0 Å². The maximum Gasteiger partial charge on any atom is 0.573 e. The normalized spacial score (nSPS) is 12.3. The van der Waals surface area contributed by atoms with Crippen LogP contribution in [0, 0.1) is 18.9 Å². The van der Waals surface area contributed by atoms with Gasteiger partial charge in [0.25, 0.3) is 0 Å². The van der Waals surface area contributed by atoms with Gasteiger partial charge in [-0.05, 0) is 82.0 Å². The number of carbonyl (C=O) groups excluding carboxylic acids is 1. The SMILES string of the molecule is CC#CN(C)c1c(C)c(-c2ccc(OC(F)(F)F)cc2)cc(CNC(=O)OC(C)(C)C)c1C(C)O. The minimum Gasteiger partial charge on any atom is -0.444 e. The molecule has 0 aliphatic rings. The van der Waals surface area contributed by atoms with Crippen molar-refractivity contribution in [3.63, 3.8) is 0 Å². The van der Waals surface area contributed by atoms with Gasteiger partial charge in [0.15, 0.2) is 0 Å². The van der Waals surface area contributed by atoms with Crippen LogP contribution in [0.4, 0.5) is 23.7 Å². The maximum absolute atomic E-state index is 12.6. The monoisotopic (exact) mass is 492 g/mol. The number of nitrogens with one attached hydrogen (secondary N) is 1. The average molecular weight is 493 g/mol. The number of halogens is 3. The summed E-state index contributed by atoms with van der Waals surface area (Å²) in [5, 5.41) is 13.4. The highest BCUT2D eigenvalue weighted by Gasteiger charge is 2.31. The van der Waals surface area contributed by atoms with Gasteiger partial charge in [-0.3, -0.25) is 0 Å². The lowest BCUT2D eigenvalue weighted by Gasteiger charge is -2.27. The van der Waals surface area contributed by atoms with Gasteiger partial charge in [0, 0.05) is 25.2 Å². The van der Waals surface area contributed by atoms with Gasteiger partial charge >= 0.3 is 12.5 Å². The Labute approximate surface area is 204 Å². The summed E-state index contributed by atoms with van der Waals surface area (Å²) in [6.45, 7) is 10.4. The van der Waals surface area contributed by atoms with Crippen LogP contribution in [0.25, 0.3) is 11.1 Å². The second-order valence-corrected chi connectivity index (χ2v) is 8.99. The number of carbonyl (C=O) groups is 1. The Bertz CT molecular complexity index is 1110. The first-order valence-electron chi connectivity index (χ1n) is 11.0. The molecule has 2 aromatic rings. The lowest BCUT2D eigenvalue weighted by Crippen LogP contribution is -2.32. The highest BCUT2D eigenvalue weighted by atomic mass is 19.4. The molecule has 0 aliphatic carbocycles. The third kappa shape index (κ3) is 7.82. The molecule has 0 aromatic heterocycles. The van der Waals surface area contributed by atoms with E-state index in [4.69, 9.17) is 4.74 Å². The largest absolute Gasteiger partial charge is 0.573 e. The molecule has 0 fully saturated rings. The van der Waals surface area contributed by atoms with Crippen LogP contribution in [0.5, 0.6) is 5.75 Å². The van der Waals surface area contributed by atoms with Crippen LogP contribution < -0.4 is 15.0 Å². The zero-order chi connectivity index (χ0) is 26.6. The van der Waals surface area contributed by atoms with E-state index >= 15 is 0 Å². The van der Waals surface area contributed by atoms with Crippen LogP contribution in [0.3, 0.4) is 0 Å². The molecule has 0 saturated carbocycles. The van der Waals surface area contributed by atoms with Crippen molar-refractivity contribution in [2.75, 3.05) is 11.9 Å². The molecule has 1 unspecified atom stereocenters. The van der Waals surface area contributed by atoms with Gasteiger partial charge in [-0.2, -0.15) is 0 Å². The molecule has 6 nitrogen and oxygen atoms in total. The fourth-order valence-corrected chi connectivity index (χ4v) is 3.73. The van der Waals surface area contributed by atoms with Crippen molar-refractivity contribution in [1.29, 1.82) is 0 Å². The van der Waals surface area contributed by atoms with Crippen molar-refractivity contribution in [2.45, 2.75) is 66.2 Å². The molecule has 35 heavy (non-hydrogen) atoms. The molecule has 2 N–H and O–H groups in total. The van der Waals surface area contributed by atoms with Gasteiger partial charge in [-0.25, -0.2) is 4.79 Å². The fraction of sp³-hybridized carbons (Fsp3) is 0.423. The first-order chi connectivity index (χ1) is 16.1. The molecule has 0 spiro atoms. The van der Waals surface area contributed by atoms with E-state index in [2.05, 4.69) is 22.0 Å². The number of benzene rings is 2. The summed E-state index contributed by atoms with van der Waals surface area (Å²) < 4.78 is 47.0. The van der Waals surface area contributed by atoms with Crippen LogP contribution in [-0.4, -0.2) is 30.2 Å². The number of alkyl halides is 3. The topological polar surface area (TPSA) is 71.0 Å². The van der Waals surface area contributed by atoms with Gasteiger partial charge in [0.05, 0.1) is 11.8 Å². The van der Waals surface area contributed by atoms with Gasteiger partial charge in [0.2, 0.25) is 0 Å². The Hall–Kier alpha value is -3.38. The summed E-state index contributed by atoms with van der Waals surface area (Å²) >= 11 is 0. The van der Waals surface area contributed by atoms with Gasteiger partial charge < -0.3 is 24.8 Å². The Morgan fingerprint density at radius 3 is 2.29 bits per heavy atom. The second kappa shape index (κ2) is 10.9. The summed E-state index contributed by atoms with van der Waals surface area (Å²) in [5.74, 6) is 2.49. The predicted octanol–water partition coefficient (Wildman–Crippen LogP) is 6.06. The van der Waals surface area contributed by atoms with E-state index in [1.807, 2.05) is 6.92 Å². The van der Waals surface area contributed by atoms with Gasteiger partial charge in [-0.15, -0.1) is 13.2 Å². The highest BCUT2D eigenvalue weighted by molar-refractivity contribution is 5.80. The summed E-state index contributed by atoms with van der Waals surface area (Å²) in [6.07, 6.45) is -6.30. The Morgan fingerprint density at radius 2 is 1.80 bits per heavy atom. The number of ether oxygens (including phenoxy) is 2. The van der Waals surface area contributed by atoms with Crippen LogP contribution in [-0.2, 0) is 11.3 Å². The Morgan fingerprint density at radius 1 is 1.20 bits per heavy atom. The summed E-state index contributed by atoms with van der Waals surface area (Å²) in [6, 6.07) is 10.3. The quantitative estimate of drug-likeness (QED) is 0.379. The molecule has 2 aromatic carbocycles. The molecule has 0 aliphatic heterocycles. The minimum absolute atomic E-state index is 0.0537. The van der Waals surface area contributed by atoms with Gasteiger partial charge in [0.1, 0.15) is 11.4 Å². The van der Waals surface area contributed by atoms with E-state index in [0.717, 1.165) is 5.56 Å². The Kier molecular flexibility index (Phi) is 8.69. The number of anilines is 1. The predicted molar refractivity (Wildman–Crippen MR) is 129 cm³/mol. The summed E-state index contributed by atoms with van der Waals surface area (Å²) in [7, 11) is 1.75. The molecule has 9 heteroatoms. The van der Waals surface area contributed by atoms with E-state index in [1.165, 1.54) is 24.3 Å². The lowest BCUT2D eigenvalue weighted by atomic mass is 9.89. The van der Waals surface area contributed by atoms with Crippen molar-refractivity contribution < 1.29 is 32.5 Å². The highest BCUT2D eigenvalue weighted by Crippen LogP contribution is 2.39. The van der Waals surface area contributed by atoms with Crippen LogP contribution in [0.1, 0.15) is 57.4 Å². The summed E-state index contributed by atoms with van der Waals surface area (Å²) in [4.78, 5) is 14.0. The molecule has 2 rings (SSSR count). The van der Waals surface area contributed by atoms with Crippen LogP contribution in [0.15, 0.2) is 30.3 Å². The average Bonchev–Trinajstić information content (AvgIpc) is 2.70. The fourth-order valence-electron chi connectivity index (χ4n) is 3.73. The number of amides is 1. The molecule has 0 radical (unpaired) electrons. The number of aliphatic hydroxyl groups excluding tert-OH is 1. The molecular weight excluding hydrogens is 461 g/mol. The molecular formula is C26H31F3N2O4. The van der Waals surface area contributed by atoms with E-state index < -0.39 is 24.2 Å². The second-order valence-electron chi connectivity index (χ2n) is 8.99. The van der Waals surface area contributed by atoms with E-state index in [1.54, 1.807) is 52.6 Å². The number of hydrogen-bond donors (Lipinski definition) is 2. The Balaban J connectivity index is 2.61. The number of rotatable bonds is 6. The zero-order valence-corrected chi connectivity index (χ0v) is 20.9. The molecule has 0 bridgehead atoms. The number of alkyl carbamates (subject to hydrolysis) is 1. The first kappa shape index (κ1) is 27.9. The molecule has 1 amide bonds. The number of hydrogen-bond acceptors (Lipinski definition) is 5. The van der Waals surface area contributed by atoms with E-state index in [9.17, 15) is 23.1 Å². The molecule has 190 valence electrons. The number of nitrogens with zero attached hydrogens (tertiary/aromatic N) is 1. The van der Waals surface area contributed by atoms with Crippen molar-refractivity contribution in [3.05, 3.63) is 47.0 Å². The first-order valence-corrected chi connectivity index (χ1v) is 11.0. The maximum atomic E-state index is 12.6. The third-order valence-electron chi connectivity index (χ3n) is 4.93. The van der Waals surface area contributed by atoms with Crippen molar-refractivity contribution >= 4 is 11.8 Å². The van der Waals surface area contributed by atoms with Crippen molar-refractivity contribution in [2.24, 2.45) is 0 Å². The van der Waals surface area contributed by atoms with E-state index in [0.29, 0.717) is 27.9 Å². The minimum atomic E-state index is -4.79. The smallest absolute Gasteiger partial charge is 0.444 e. The zero-order valence-electron chi connectivity index (χ0n) is 20.9. The van der Waals surface area contributed by atoms with Crippen molar-refractivity contribution in [3.8, 4) is 28.8 Å². The molecule has 0 heterocycles. The van der Waals surface area contributed by atoms with Crippen molar-refractivity contribution in [1.82, 2.24) is 5.32 Å². The standard InChI is InChI=1S/C26H31F3N2O4/c1-8-13-31(7)23-16(2)21(18-9-11-20(12-10-18)34-26(27,28)29)14-19(22(23)17(3)32)15-30-24(33)35-25(4,5)6/h9-12,14,17,32H,15H2,1-7H3,(H,30,33). The summed E-state index contributed by atoms with van der Waals surface area (Å²) in [5.41, 5.74) is 3.24. The van der Waals surface area contributed by atoms with Crippen LogP contribution in [0.2, 0.25) is 0 Å². The third-order valence-corrected chi connectivity index (χ3v) is 4.93. The van der Waals surface area contributed by atoms with Gasteiger partial charge in [-0.1, -0.05) is 18.1 Å². The van der Waals surface area contributed by atoms with E-state index in [-0.39, 0.29) is 12.3 Å². The number of aliphatic hydroxyl groups is 1. The molecule has 0 saturated heterocycles. The molecule has 1 atom stereocenters. The lowest BCUT2D eigenvalue weighted by molar-refractivity contribution is -0.274.